The second kappa shape index (κ2) is 7.45. The van der Waals surface area contributed by atoms with Crippen molar-refractivity contribution in [1.29, 1.82) is 0 Å². The van der Waals surface area contributed by atoms with Crippen LogP contribution in [0.3, 0.4) is 0 Å². The van der Waals surface area contributed by atoms with Crippen molar-refractivity contribution in [2.45, 2.75) is 12.7 Å². The average Bonchev–Trinajstić information content (AvgIpc) is 2.48. The molecular formula is C14H10F4O3P+. The predicted molar refractivity (Wildman–Crippen MR) is 70.3 cm³/mol. The van der Waals surface area contributed by atoms with Crippen LogP contribution in [0.2, 0.25) is 0 Å². The van der Waals surface area contributed by atoms with E-state index in [-0.39, 0.29) is 11.1 Å². The molecule has 3 nitrogen and oxygen atoms in total. The molecule has 0 aliphatic carbocycles. The van der Waals surface area contributed by atoms with Gasteiger partial charge in [0.2, 0.25) is 0 Å². The monoisotopic (exact) mass is 333 g/mol. The average molecular weight is 333 g/mol. The molecule has 2 aromatic carbocycles. The molecule has 0 amide bonds. The summed E-state index contributed by atoms with van der Waals surface area (Å²) in [5.41, 5.74) is -0.184. The highest BCUT2D eigenvalue weighted by Crippen LogP contribution is 2.39. The topological polar surface area (TPSA) is 35.5 Å². The van der Waals surface area contributed by atoms with Gasteiger partial charge in [-0.15, -0.1) is 0 Å². The Morgan fingerprint density at radius 1 is 0.727 bits per heavy atom. The van der Waals surface area contributed by atoms with Crippen LogP contribution in [-0.4, -0.2) is 0 Å². The van der Waals surface area contributed by atoms with Crippen molar-refractivity contribution >= 4 is 8.25 Å². The number of benzene rings is 2. The Bertz CT molecular complexity index is 578. The maximum Gasteiger partial charge on any atom is 0.704 e. The van der Waals surface area contributed by atoms with Crippen molar-refractivity contribution in [2.75, 3.05) is 0 Å². The number of rotatable bonds is 6. The second-order valence-electron chi connectivity index (χ2n) is 4.17. The number of hydrogen-bond donors (Lipinski definition) is 0. The van der Waals surface area contributed by atoms with Gasteiger partial charge >= 0.3 is 8.25 Å². The molecule has 0 N–H and O–H groups in total. The lowest BCUT2D eigenvalue weighted by atomic mass is 10.2. The van der Waals surface area contributed by atoms with Crippen LogP contribution < -0.4 is 0 Å². The molecule has 0 spiro atoms. The first-order valence-corrected chi connectivity index (χ1v) is 7.15. The van der Waals surface area contributed by atoms with Crippen molar-refractivity contribution < 1.29 is 31.2 Å². The standard InChI is InChI=1S/C14H10F4O3P/c15-11-5-1-9(2-6-11)13(17)20-22(19)21-14(18)10-3-7-12(16)8-4-10/h1-8,13-14H/q+1. The molecule has 22 heavy (non-hydrogen) atoms. The lowest BCUT2D eigenvalue weighted by Crippen LogP contribution is -1.97. The van der Waals surface area contributed by atoms with Gasteiger partial charge in [0, 0.05) is 15.7 Å². The Hall–Kier alpha value is -1.82. The molecule has 0 bridgehead atoms. The highest BCUT2D eigenvalue weighted by Gasteiger charge is 2.33. The Kier molecular flexibility index (Phi) is 5.60. The van der Waals surface area contributed by atoms with Crippen LogP contribution in [0.25, 0.3) is 0 Å². The minimum Gasteiger partial charge on any atom is -0.207 e. The van der Waals surface area contributed by atoms with Gasteiger partial charge in [0.25, 0.3) is 12.7 Å². The Morgan fingerprint density at radius 2 is 1.05 bits per heavy atom. The molecule has 0 saturated heterocycles. The van der Waals surface area contributed by atoms with Crippen LogP contribution >= 0.6 is 8.25 Å². The van der Waals surface area contributed by atoms with E-state index in [9.17, 15) is 22.1 Å². The second-order valence-corrected chi connectivity index (χ2v) is 5.04. The molecule has 2 rings (SSSR count). The summed E-state index contributed by atoms with van der Waals surface area (Å²) in [7, 11) is -3.11. The van der Waals surface area contributed by atoms with E-state index >= 15 is 0 Å². The minimum absolute atomic E-state index is 0.0921. The molecule has 116 valence electrons. The smallest absolute Gasteiger partial charge is 0.207 e. The summed E-state index contributed by atoms with van der Waals surface area (Å²) >= 11 is 0. The predicted octanol–water partition coefficient (Wildman–Crippen LogP) is 5.29. The van der Waals surface area contributed by atoms with Crippen molar-refractivity contribution in [3.05, 3.63) is 71.3 Å². The van der Waals surface area contributed by atoms with Gasteiger partial charge in [-0.25, -0.2) is 17.6 Å². The number of hydrogen-bond acceptors (Lipinski definition) is 3. The first kappa shape index (κ1) is 16.5. The van der Waals surface area contributed by atoms with Crippen molar-refractivity contribution in [2.24, 2.45) is 0 Å². The third-order valence-corrected chi connectivity index (χ3v) is 3.34. The van der Waals surface area contributed by atoms with E-state index in [2.05, 4.69) is 9.05 Å². The van der Waals surface area contributed by atoms with Gasteiger partial charge in [-0.1, -0.05) is 33.3 Å². The lowest BCUT2D eigenvalue weighted by Gasteiger charge is -2.03. The third kappa shape index (κ3) is 4.59. The van der Waals surface area contributed by atoms with Crippen LogP contribution in [0.4, 0.5) is 17.6 Å². The quantitative estimate of drug-likeness (QED) is 0.532. The van der Waals surface area contributed by atoms with Crippen molar-refractivity contribution in [1.82, 2.24) is 0 Å². The van der Waals surface area contributed by atoms with Gasteiger partial charge in [-0.05, 0) is 24.3 Å². The molecule has 2 atom stereocenters. The summed E-state index contributed by atoms with van der Waals surface area (Å²) in [6.07, 6.45) is -4.32. The van der Waals surface area contributed by atoms with E-state index in [0.29, 0.717) is 0 Å². The van der Waals surface area contributed by atoms with Crippen LogP contribution in [0.1, 0.15) is 23.8 Å². The maximum atomic E-state index is 13.6. The van der Waals surface area contributed by atoms with E-state index in [1.165, 1.54) is 0 Å². The van der Waals surface area contributed by atoms with Gasteiger partial charge < -0.3 is 0 Å². The molecule has 0 radical (unpaired) electrons. The Labute approximate surface area is 124 Å². The molecule has 0 aliphatic rings. The summed E-state index contributed by atoms with van der Waals surface area (Å²) in [5, 5.41) is 0. The minimum atomic E-state index is -3.11. The highest BCUT2D eigenvalue weighted by molar-refractivity contribution is 7.33. The molecular weight excluding hydrogens is 323 g/mol. The first-order chi connectivity index (χ1) is 10.5. The summed E-state index contributed by atoms with van der Waals surface area (Å²) in [6.45, 7) is 0. The van der Waals surface area contributed by atoms with E-state index < -0.39 is 32.6 Å². The molecule has 8 heteroatoms. The van der Waals surface area contributed by atoms with E-state index in [1.807, 2.05) is 0 Å². The van der Waals surface area contributed by atoms with E-state index in [1.54, 1.807) is 0 Å². The summed E-state index contributed by atoms with van der Waals surface area (Å²) in [4.78, 5) is 0. The van der Waals surface area contributed by atoms with Gasteiger partial charge in [0.05, 0.1) is 0 Å². The molecule has 0 aromatic heterocycles. The fourth-order valence-corrected chi connectivity index (χ4v) is 2.12. The number of halogens is 4. The van der Waals surface area contributed by atoms with Crippen molar-refractivity contribution in [3.8, 4) is 0 Å². The van der Waals surface area contributed by atoms with Crippen LogP contribution in [0.5, 0.6) is 0 Å². The number of alkyl halides is 2. The normalized spacial score (nSPS) is 14.5. The van der Waals surface area contributed by atoms with Gasteiger partial charge in [0.1, 0.15) is 11.6 Å². The SMILES string of the molecule is O=[P+](OC(F)c1ccc(F)cc1)OC(F)c1ccc(F)cc1. The zero-order chi connectivity index (χ0) is 16.1. The largest absolute Gasteiger partial charge is 0.704 e. The first-order valence-electron chi connectivity index (χ1n) is 6.05. The molecule has 2 unspecified atom stereocenters. The van der Waals surface area contributed by atoms with Gasteiger partial charge in [-0.3, -0.25) is 0 Å². The maximum absolute atomic E-state index is 13.6. The molecule has 0 fully saturated rings. The van der Waals surface area contributed by atoms with E-state index in [0.717, 1.165) is 48.5 Å². The molecule has 0 saturated carbocycles. The van der Waals surface area contributed by atoms with Crippen LogP contribution in [-0.2, 0) is 13.6 Å². The summed E-state index contributed by atoms with van der Waals surface area (Å²) in [6, 6.07) is 8.36. The lowest BCUT2D eigenvalue weighted by molar-refractivity contribution is 0.0127. The van der Waals surface area contributed by atoms with Crippen LogP contribution in [0.15, 0.2) is 48.5 Å². The highest BCUT2D eigenvalue weighted by atomic mass is 31.1. The van der Waals surface area contributed by atoms with Crippen LogP contribution in [0, 0.1) is 11.6 Å². The fourth-order valence-electron chi connectivity index (χ4n) is 1.53. The Balaban J connectivity index is 1.91. The zero-order valence-corrected chi connectivity index (χ0v) is 11.9. The fraction of sp³-hybridized carbons (Fsp3) is 0.143. The summed E-state index contributed by atoms with van der Waals surface area (Å²) < 4.78 is 72.8. The molecule has 0 heterocycles. The van der Waals surface area contributed by atoms with Gasteiger partial charge in [-0.2, -0.15) is 0 Å². The zero-order valence-electron chi connectivity index (χ0n) is 11.0. The molecule has 0 aliphatic heterocycles. The summed E-state index contributed by atoms with van der Waals surface area (Å²) in [5.74, 6) is -1.14. The molecule has 2 aromatic rings. The Morgan fingerprint density at radius 3 is 1.36 bits per heavy atom. The van der Waals surface area contributed by atoms with E-state index in [4.69, 9.17) is 0 Å². The van der Waals surface area contributed by atoms with Crippen molar-refractivity contribution in [3.63, 3.8) is 0 Å². The third-order valence-electron chi connectivity index (χ3n) is 2.62. The van der Waals surface area contributed by atoms with Gasteiger partial charge in [0.15, 0.2) is 0 Å².